The van der Waals surface area contributed by atoms with E-state index in [1.807, 2.05) is 13.0 Å². The number of hydrogen-bond donors (Lipinski definition) is 0. The summed E-state index contributed by atoms with van der Waals surface area (Å²) in [5, 5.41) is 0. The summed E-state index contributed by atoms with van der Waals surface area (Å²) in [5.41, 5.74) is 2.45. The smallest absolute Gasteiger partial charge is 0.302 e. The third-order valence-corrected chi connectivity index (χ3v) is 3.30. The number of carbonyl (C=O) groups is 1. The van der Waals surface area contributed by atoms with Crippen LogP contribution in [0.2, 0.25) is 0 Å². The van der Waals surface area contributed by atoms with Gasteiger partial charge in [-0.1, -0.05) is 19.1 Å². The van der Waals surface area contributed by atoms with Gasteiger partial charge in [0.25, 0.3) is 0 Å². The van der Waals surface area contributed by atoms with Crippen molar-refractivity contribution in [3.8, 4) is 5.75 Å². The first kappa shape index (κ1) is 12.0. The van der Waals surface area contributed by atoms with Crippen molar-refractivity contribution in [2.75, 3.05) is 6.61 Å². The molecular weight excluding hydrogens is 216 g/mol. The van der Waals surface area contributed by atoms with Gasteiger partial charge in [0.2, 0.25) is 0 Å². The van der Waals surface area contributed by atoms with Gasteiger partial charge in [-0.05, 0) is 24.1 Å². The Balaban J connectivity index is 2.14. The van der Waals surface area contributed by atoms with E-state index in [-0.39, 0.29) is 18.0 Å². The predicted octanol–water partition coefficient (Wildman–Crippen LogP) is 2.68. The summed E-state index contributed by atoms with van der Waals surface area (Å²) in [4.78, 5) is 10.9. The third-order valence-electron chi connectivity index (χ3n) is 3.30. The minimum atomic E-state index is -0.228. The molecule has 0 spiro atoms. The van der Waals surface area contributed by atoms with Gasteiger partial charge in [-0.3, -0.25) is 4.79 Å². The van der Waals surface area contributed by atoms with E-state index in [0.717, 1.165) is 18.8 Å². The molecule has 1 heterocycles. The van der Waals surface area contributed by atoms with E-state index in [9.17, 15) is 4.79 Å². The number of fused-ring (bicyclic) bond motifs is 1. The molecule has 0 fully saturated rings. The standard InChI is InChI=1S/C14H18O3/c1-9(10(2)17-11(3)15)12-4-5-14-13(8-12)6-7-16-14/h4-5,8-10H,6-7H2,1-3H3/t9-,10-/m0/s1. The molecule has 0 amide bonds. The van der Waals surface area contributed by atoms with Crippen molar-refractivity contribution in [3.63, 3.8) is 0 Å². The maximum atomic E-state index is 10.9. The van der Waals surface area contributed by atoms with Crippen LogP contribution in [0, 0.1) is 0 Å². The van der Waals surface area contributed by atoms with Gasteiger partial charge in [-0.25, -0.2) is 0 Å². The van der Waals surface area contributed by atoms with Crippen LogP contribution in [0.4, 0.5) is 0 Å². The topological polar surface area (TPSA) is 35.5 Å². The van der Waals surface area contributed by atoms with Crippen molar-refractivity contribution in [3.05, 3.63) is 29.3 Å². The molecular formula is C14H18O3. The molecule has 0 N–H and O–H groups in total. The highest BCUT2D eigenvalue weighted by Gasteiger charge is 2.19. The van der Waals surface area contributed by atoms with Crippen molar-refractivity contribution in [2.45, 2.75) is 39.2 Å². The Morgan fingerprint density at radius 3 is 2.88 bits per heavy atom. The minimum Gasteiger partial charge on any atom is -0.493 e. The molecule has 1 aromatic rings. The SMILES string of the molecule is CC(=O)O[C@@H](C)[C@H](C)c1ccc2c(c1)CCO2. The summed E-state index contributed by atoms with van der Waals surface area (Å²) in [7, 11) is 0. The molecule has 1 aromatic carbocycles. The average Bonchev–Trinajstić information content (AvgIpc) is 2.73. The van der Waals surface area contributed by atoms with Crippen LogP contribution in [0.5, 0.6) is 5.75 Å². The van der Waals surface area contributed by atoms with Gasteiger partial charge in [0.15, 0.2) is 0 Å². The highest BCUT2D eigenvalue weighted by molar-refractivity contribution is 5.66. The van der Waals surface area contributed by atoms with Crippen LogP contribution >= 0.6 is 0 Å². The summed E-state index contributed by atoms with van der Waals surface area (Å²) in [6.07, 6.45) is 0.866. The average molecular weight is 234 g/mol. The summed E-state index contributed by atoms with van der Waals surface area (Å²) < 4.78 is 10.7. The molecule has 0 bridgehead atoms. The number of hydrogen-bond acceptors (Lipinski definition) is 3. The van der Waals surface area contributed by atoms with Crippen LogP contribution in [-0.4, -0.2) is 18.7 Å². The Morgan fingerprint density at radius 1 is 1.41 bits per heavy atom. The fraction of sp³-hybridized carbons (Fsp3) is 0.500. The monoisotopic (exact) mass is 234 g/mol. The Hall–Kier alpha value is -1.51. The predicted molar refractivity (Wildman–Crippen MR) is 65.3 cm³/mol. The van der Waals surface area contributed by atoms with Crippen LogP contribution in [0.15, 0.2) is 18.2 Å². The Labute approximate surface area is 102 Å². The molecule has 0 unspecified atom stereocenters. The molecule has 0 aromatic heterocycles. The second-order valence-electron chi connectivity index (χ2n) is 4.57. The molecule has 17 heavy (non-hydrogen) atoms. The lowest BCUT2D eigenvalue weighted by molar-refractivity contribution is -0.146. The summed E-state index contributed by atoms with van der Waals surface area (Å²) in [6, 6.07) is 6.22. The van der Waals surface area contributed by atoms with Crippen molar-refractivity contribution >= 4 is 5.97 Å². The zero-order valence-electron chi connectivity index (χ0n) is 10.5. The fourth-order valence-electron chi connectivity index (χ4n) is 2.12. The molecule has 0 aliphatic carbocycles. The zero-order valence-corrected chi connectivity index (χ0v) is 10.5. The summed E-state index contributed by atoms with van der Waals surface area (Å²) in [5.74, 6) is 0.958. The van der Waals surface area contributed by atoms with Gasteiger partial charge in [0, 0.05) is 19.3 Å². The van der Waals surface area contributed by atoms with Crippen molar-refractivity contribution in [2.24, 2.45) is 0 Å². The summed E-state index contributed by atoms with van der Waals surface area (Å²) in [6.45, 7) is 6.22. The Bertz CT molecular complexity index is 425. The molecule has 3 heteroatoms. The molecule has 2 atom stereocenters. The lowest BCUT2D eigenvalue weighted by Crippen LogP contribution is -2.19. The first-order valence-electron chi connectivity index (χ1n) is 6.01. The maximum absolute atomic E-state index is 10.9. The van der Waals surface area contributed by atoms with E-state index in [1.165, 1.54) is 18.1 Å². The Kier molecular flexibility index (Phi) is 3.36. The van der Waals surface area contributed by atoms with Gasteiger partial charge < -0.3 is 9.47 Å². The highest BCUT2D eigenvalue weighted by Crippen LogP contribution is 2.30. The normalized spacial score (nSPS) is 16.9. The number of esters is 1. The van der Waals surface area contributed by atoms with Crippen LogP contribution in [0.25, 0.3) is 0 Å². The molecule has 0 saturated heterocycles. The van der Waals surface area contributed by atoms with E-state index in [2.05, 4.69) is 19.1 Å². The van der Waals surface area contributed by atoms with Crippen LogP contribution in [0.3, 0.4) is 0 Å². The maximum Gasteiger partial charge on any atom is 0.302 e. The van der Waals surface area contributed by atoms with Crippen molar-refractivity contribution in [1.82, 2.24) is 0 Å². The van der Waals surface area contributed by atoms with Gasteiger partial charge >= 0.3 is 5.97 Å². The van der Waals surface area contributed by atoms with Gasteiger partial charge in [0.05, 0.1) is 6.61 Å². The molecule has 1 aliphatic heterocycles. The van der Waals surface area contributed by atoms with Crippen molar-refractivity contribution < 1.29 is 14.3 Å². The molecule has 2 rings (SSSR count). The van der Waals surface area contributed by atoms with Gasteiger partial charge in [0.1, 0.15) is 11.9 Å². The van der Waals surface area contributed by atoms with Gasteiger partial charge in [-0.15, -0.1) is 0 Å². The quantitative estimate of drug-likeness (QED) is 0.754. The first-order chi connectivity index (χ1) is 8.08. The van der Waals surface area contributed by atoms with Crippen LogP contribution in [0.1, 0.15) is 37.8 Å². The van der Waals surface area contributed by atoms with Crippen LogP contribution < -0.4 is 4.74 Å². The molecule has 0 radical (unpaired) electrons. The molecule has 92 valence electrons. The zero-order chi connectivity index (χ0) is 12.4. The number of carbonyl (C=O) groups excluding carboxylic acids is 1. The van der Waals surface area contributed by atoms with Crippen LogP contribution in [-0.2, 0) is 16.0 Å². The van der Waals surface area contributed by atoms with E-state index in [4.69, 9.17) is 9.47 Å². The molecule has 1 aliphatic rings. The number of benzene rings is 1. The van der Waals surface area contributed by atoms with Crippen molar-refractivity contribution in [1.29, 1.82) is 0 Å². The second-order valence-corrected chi connectivity index (χ2v) is 4.57. The second kappa shape index (κ2) is 4.78. The number of rotatable bonds is 3. The largest absolute Gasteiger partial charge is 0.493 e. The van der Waals surface area contributed by atoms with E-state index >= 15 is 0 Å². The lowest BCUT2D eigenvalue weighted by atomic mass is 9.94. The van der Waals surface area contributed by atoms with E-state index in [1.54, 1.807) is 0 Å². The van der Waals surface area contributed by atoms with Gasteiger partial charge in [-0.2, -0.15) is 0 Å². The summed E-state index contributed by atoms with van der Waals surface area (Å²) >= 11 is 0. The van der Waals surface area contributed by atoms with E-state index < -0.39 is 0 Å². The fourth-order valence-corrected chi connectivity index (χ4v) is 2.12. The molecule has 0 saturated carbocycles. The number of ether oxygens (including phenoxy) is 2. The molecule has 3 nitrogen and oxygen atoms in total. The van der Waals surface area contributed by atoms with E-state index in [0.29, 0.717) is 0 Å². The Morgan fingerprint density at radius 2 is 2.18 bits per heavy atom. The lowest BCUT2D eigenvalue weighted by Gasteiger charge is -2.20. The third kappa shape index (κ3) is 2.60. The minimum absolute atomic E-state index is 0.104. The highest BCUT2D eigenvalue weighted by atomic mass is 16.5. The first-order valence-corrected chi connectivity index (χ1v) is 6.01.